The maximum absolute atomic E-state index is 12.7. The molecule has 7 heteroatoms. The van der Waals surface area contributed by atoms with Crippen molar-refractivity contribution in [2.45, 2.75) is 12.8 Å². The molecule has 0 saturated carbocycles. The molecule has 1 saturated heterocycles. The first-order valence-corrected chi connectivity index (χ1v) is 9.18. The summed E-state index contributed by atoms with van der Waals surface area (Å²) < 4.78 is 10.5. The van der Waals surface area contributed by atoms with Gasteiger partial charge in [-0.25, -0.2) is 4.79 Å². The zero-order valence-electron chi connectivity index (χ0n) is 14.9. The summed E-state index contributed by atoms with van der Waals surface area (Å²) in [6.07, 6.45) is 2.06. The smallest absolute Gasteiger partial charge is 0.337 e. The molecule has 2 heterocycles. The third kappa shape index (κ3) is 3.10. The number of hydrogen-bond acceptors (Lipinski definition) is 5. The molecular formula is C20H19ClN2O4. The van der Waals surface area contributed by atoms with Crippen LogP contribution in [0.4, 0.5) is 11.4 Å². The molecule has 140 valence electrons. The number of esters is 1. The highest BCUT2D eigenvalue weighted by Crippen LogP contribution is 2.45. The number of fused-ring (bicyclic) bond motifs is 1. The molecule has 0 atom stereocenters. The number of amides is 1. The minimum atomic E-state index is -0.382. The normalized spacial score (nSPS) is 15.5. The molecule has 0 unspecified atom stereocenters. The SMILES string of the molecule is COC(=O)c1ccc(N2COc3c2ccc(C(=O)N2CCCC2)c3Cl)cc1. The van der Waals surface area contributed by atoms with E-state index in [1.54, 1.807) is 18.2 Å². The highest BCUT2D eigenvalue weighted by atomic mass is 35.5. The van der Waals surface area contributed by atoms with E-state index in [0.29, 0.717) is 21.9 Å². The maximum Gasteiger partial charge on any atom is 0.337 e. The predicted molar refractivity (Wildman–Crippen MR) is 102 cm³/mol. The number of benzene rings is 2. The summed E-state index contributed by atoms with van der Waals surface area (Å²) in [5.41, 5.74) is 2.60. The van der Waals surface area contributed by atoms with Crippen LogP contribution in [0.1, 0.15) is 33.6 Å². The zero-order chi connectivity index (χ0) is 19.0. The molecule has 27 heavy (non-hydrogen) atoms. The molecule has 2 aliphatic rings. The summed E-state index contributed by atoms with van der Waals surface area (Å²) in [6, 6.07) is 10.7. The molecule has 1 fully saturated rings. The van der Waals surface area contributed by atoms with Gasteiger partial charge >= 0.3 is 5.97 Å². The van der Waals surface area contributed by atoms with Crippen LogP contribution in [0.3, 0.4) is 0 Å². The van der Waals surface area contributed by atoms with Crippen molar-refractivity contribution in [3.63, 3.8) is 0 Å². The fraction of sp³-hybridized carbons (Fsp3) is 0.300. The van der Waals surface area contributed by atoms with Crippen molar-refractivity contribution in [3.05, 3.63) is 52.5 Å². The summed E-state index contributed by atoms with van der Waals surface area (Å²) in [4.78, 5) is 28.0. The first-order valence-electron chi connectivity index (χ1n) is 8.80. The third-order valence-electron chi connectivity index (χ3n) is 4.93. The van der Waals surface area contributed by atoms with Crippen molar-refractivity contribution in [1.82, 2.24) is 4.90 Å². The fourth-order valence-electron chi connectivity index (χ4n) is 3.46. The van der Waals surface area contributed by atoms with Gasteiger partial charge in [0.2, 0.25) is 0 Å². The van der Waals surface area contributed by atoms with Gasteiger partial charge in [0, 0.05) is 18.8 Å². The number of likely N-dealkylation sites (tertiary alicyclic amines) is 1. The van der Waals surface area contributed by atoms with Crippen LogP contribution in [0.2, 0.25) is 5.02 Å². The van der Waals surface area contributed by atoms with E-state index >= 15 is 0 Å². The Kier molecular flexibility index (Phi) is 4.66. The minimum Gasteiger partial charge on any atom is -0.469 e. The molecule has 0 N–H and O–H groups in total. The number of nitrogens with zero attached hydrogens (tertiary/aromatic N) is 2. The second-order valence-electron chi connectivity index (χ2n) is 6.51. The Morgan fingerprint density at radius 1 is 1.07 bits per heavy atom. The van der Waals surface area contributed by atoms with E-state index in [4.69, 9.17) is 21.1 Å². The van der Waals surface area contributed by atoms with Crippen LogP contribution >= 0.6 is 11.6 Å². The molecule has 2 aliphatic heterocycles. The number of methoxy groups -OCH3 is 1. The number of halogens is 1. The first-order chi connectivity index (χ1) is 13.1. The van der Waals surface area contributed by atoms with Gasteiger partial charge < -0.3 is 19.3 Å². The van der Waals surface area contributed by atoms with Gasteiger partial charge in [-0.1, -0.05) is 11.6 Å². The molecule has 6 nitrogen and oxygen atoms in total. The van der Waals surface area contributed by atoms with Crippen molar-refractivity contribution in [2.75, 3.05) is 31.8 Å². The number of carbonyl (C=O) groups is 2. The van der Waals surface area contributed by atoms with Crippen LogP contribution in [0.5, 0.6) is 5.75 Å². The van der Waals surface area contributed by atoms with E-state index < -0.39 is 0 Å². The number of rotatable bonds is 3. The Morgan fingerprint density at radius 3 is 2.44 bits per heavy atom. The molecule has 0 spiro atoms. The average molecular weight is 387 g/mol. The second-order valence-corrected chi connectivity index (χ2v) is 6.89. The number of ether oxygens (including phenoxy) is 2. The van der Waals surface area contributed by atoms with E-state index in [9.17, 15) is 9.59 Å². The summed E-state index contributed by atoms with van der Waals surface area (Å²) in [7, 11) is 1.35. The van der Waals surface area contributed by atoms with Gasteiger partial charge in [0.15, 0.2) is 12.5 Å². The lowest BCUT2D eigenvalue weighted by molar-refractivity contribution is 0.0600. The summed E-state index contributed by atoms with van der Waals surface area (Å²) in [5, 5.41) is 0.345. The second kappa shape index (κ2) is 7.12. The molecule has 4 rings (SSSR count). The van der Waals surface area contributed by atoms with Crippen LogP contribution in [0.15, 0.2) is 36.4 Å². The molecule has 0 bridgehead atoms. The van der Waals surface area contributed by atoms with Crippen molar-refractivity contribution < 1.29 is 19.1 Å². The van der Waals surface area contributed by atoms with Crippen molar-refractivity contribution in [3.8, 4) is 5.75 Å². The molecular weight excluding hydrogens is 368 g/mol. The Labute approximate surface area is 162 Å². The van der Waals surface area contributed by atoms with E-state index in [2.05, 4.69) is 0 Å². The van der Waals surface area contributed by atoms with Gasteiger partial charge in [0.05, 0.1) is 28.9 Å². The highest BCUT2D eigenvalue weighted by molar-refractivity contribution is 6.36. The molecule has 2 aromatic rings. The van der Waals surface area contributed by atoms with E-state index in [1.807, 2.05) is 28.0 Å². The molecule has 0 radical (unpaired) electrons. The standard InChI is InChI=1S/C20H19ClN2O4/c1-26-20(25)13-4-6-14(7-5-13)23-12-27-18-16(23)9-8-15(17(18)21)19(24)22-10-2-3-11-22/h4-9H,2-3,10-12H2,1H3. The number of carbonyl (C=O) groups excluding carboxylic acids is 2. The monoisotopic (exact) mass is 386 g/mol. The molecule has 0 aliphatic carbocycles. The van der Waals surface area contributed by atoms with Crippen molar-refractivity contribution >= 4 is 34.9 Å². The maximum atomic E-state index is 12.7. The van der Waals surface area contributed by atoms with E-state index in [-0.39, 0.29) is 18.6 Å². The van der Waals surface area contributed by atoms with Crippen LogP contribution in [0.25, 0.3) is 0 Å². The fourth-order valence-corrected chi connectivity index (χ4v) is 3.75. The minimum absolute atomic E-state index is 0.0511. The topological polar surface area (TPSA) is 59.1 Å². The Morgan fingerprint density at radius 2 is 1.78 bits per heavy atom. The van der Waals surface area contributed by atoms with Gasteiger partial charge in [-0.3, -0.25) is 4.79 Å². The van der Waals surface area contributed by atoms with Crippen LogP contribution in [0, 0.1) is 0 Å². The Balaban J connectivity index is 1.62. The van der Waals surface area contributed by atoms with Crippen LogP contribution < -0.4 is 9.64 Å². The lowest BCUT2D eigenvalue weighted by atomic mass is 10.1. The summed E-state index contributed by atoms with van der Waals surface area (Å²) in [6.45, 7) is 1.82. The van der Waals surface area contributed by atoms with Gasteiger partial charge in [0.1, 0.15) is 0 Å². The van der Waals surface area contributed by atoms with E-state index in [1.165, 1.54) is 7.11 Å². The third-order valence-corrected chi connectivity index (χ3v) is 5.30. The summed E-state index contributed by atoms with van der Waals surface area (Å²) in [5.74, 6) is 0.0799. The quantitative estimate of drug-likeness (QED) is 0.750. The zero-order valence-corrected chi connectivity index (χ0v) is 15.7. The van der Waals surface area contributed by atoms with E-state index in [0.717, 1.165) is 37.3 Å². The van der Waals surface area contributed by atoms with Crippen LogP contribution in [-0.2, 0) is 4.74 Å². The summed E-state index contributed by atoms with van der Waals surface area (Å²) >= 11 is 6.51. The molecule has 0 aromatic heterocycles. The van der Waals surface area contributed by atoms with Gasteiger partial charge in [-0.2, -0.15) is 0 Å². The first kappa shape index (κ1) is 17.7. The number of hydrogen-bond donors (Lipinski definition) is 0. The highest BCUT2D eigenvalue weighted by Gasteiger charge is 2.29. The average Bonchev–Trinajstić information content (AvgIpc) is 3.37. The van der Waals surface area contributed by atoms with Gasteiger partial charge in [-0.05, 0) is 49.2 Å². The van der Waals surface area contributed by atoms with Crippen molar-refractivity contribution in [1.29, 1.82) is 0 Å². The lowest BCUT2D eigenvalue weighted by Crippen LogP contribution is -2.27. The van der Waals surface area contributed by atoms with Crippen LogP contribution in [-0.4, -0.2) is 43.7 Å². The lowest BCUT2D eigenvalue weighted by Gasteiger charge is -2.18. The molecule has 2 aromatic carbocycles. The predicted octanol–water partition coefficient (Wildman–Crippen LogP) is 3.85. The largest absolute Gasteiger partial charge is 0.469 e. The Hall–Kier alpha value is -2.73. The van der Waals surface area contributed by atoms with Gasteiger partial charge in [-0.15, -0.1) is 0 Å². The molecule has 1 amide bonds. The van der Waals surface area contributed by atoms with Gasteiger partial charge in [0.25, 0.3) is 5.91 Å². The van der Waals surface area contributed by atoms with Crippen molar-refractivity contribution in [2.24, 2.45) is 0 Å². The Bertz CT molecular complexity index is 892. The number of anilines is 2.